The van der Waals surface area contributed by atoms with E-state index in [4.69, 9.17) is 0 Å². The monoisotopic (exact) mass is 322 g/mol. The van der Waals surface area contributed by atoms with Crippen LogP contribution in [0.3, 0.4) is 0 Å². The summed E-state index contributed by atoms with van der Waals surface area (Å²) < 4.78 is 0. The molecule has 138 valence electrons. The zero-order valence-electron chi connectivity index (χ0n) is 17.7. The molecule has 2 saturated carbocycles. The molecule has 0 saturated heterocycles. The second-order valence-electron chi connectivity index (χ2n) is 9.85. The van der Waals surface area contributed by atoms with E-state index in [1.165, 1.54) is 57.8 Å². The maximum atomic E-state index is 2.41. The fourth-order valence-electron chi connectivity index (χ4n) is 5.89. The first-order valence-corrected chi connectivity index (χ1v) is 10.7. The first-order chi connectivity index (χ1) is 10.7. The van der Waals surface area contributed by atoms with E-state index < -0.39 is 0 Å². The lowest BCUT2D eigenvalue weighted by Gasteiger charge is -2.44. The minimum atomic E-state index is 0.679. The van der Waals surface area contributed by atoms with Gasteiger partial charge in [-0.15, -0.1) is 0 Å². The Balaban J connectivity index is 0.000000231. The van der Waals surface area contributed by atoms with Gasteiger partial charge in [0.2, 0.25) is 0 Å². The van der Waals surface area contributed by atoms with E-state index >= 15 is 0 Å². The molecule has 0 spiro atoms. The number of rotatable bonds is 4. The van der Waals surface area contributed by atoms with Crippen molar-refractivity contribution in [2.45, 2.75) is 113 Å². The summed E-state index contributed by atoms with van der Waals surface area (Å²) >= 11 is 0. The van der Waals surface area contributed by atoms with Gasteiger partial charge in [0.15, 0.2) is 0 Å². The maximum Gasteiger partial charge on any atom is -0.0251 e. The van der Waals surface area contributed by atoms with Crippen LogP contribution in [0.15, 0.2) is 0 Å². The van der Waals surface area contributed by atoms with E-state index in [2.05, 4.69) is 55.4 Å². The molecule has 0 N–H and O–H groups in total. The second kappa shape index (κ2) is 8.91. The zero-order valence-corrected chi connectivity index (χ0v) is 17.7. The van der Waals surface area contributed by atoms with Gasteiger partial charge >= 0.3 is 0 Å². The van der Waals surface area contributed by atoms with Crippen molar-refractivity contribution in [2.75, 3.05) is 0 Å². The Morgan fingerprint density at radius 2 is 0.609 bits per heavy atom. The van der Waals surface area contributed by atoms with E-state index in [1.54, 1.807) is 0 Å². The highest BCUT2D eigenvalue weighted by molar-refractivity contribution is 4.89. The van der Waals surface area contributed by atoms with Crippen molar-refractivity contribution in [2.24, 2.45) is 34.5 Å². The van der Waals surface area contributed by atoms with Crippen molar-refractivity contribution in [3.8, 4) is 0 Å². The highest BCUT2D eigenvalue weighted by Crippen LogP contribution is 2.49. The lowest BCUT2D eigenvalue weighted by atomic mass is 9.61. The summed E-state index contributed by atoms with van der Waals surface area (Å²) in [5.74, 6) is 3.51. The molecule has 0 heteroatoms. The number of hydrogen-bond donors (Lipinski definition) is 0. The van der Waals surface area contributed by atoms with Crippen LogP contribution in [0.4, 0.5) is 0 Å². The molecule has 0 aliphatic heterocycles. The van der Waals surface area contributed by atoms with Crippen LogP contribution in [-0.2, 0) is 0 Å². The lowest BCUT2D eigenvalue weighted by molar-refractivity contribution is 0.0587. The standard InChI is InChI=1S/C12H24.C11H22/c1-10(2)12(11(3)4)8-6-5-7-9-12;1-9(2)11(10(3)4)7-5-6-8-11/h10-11H,5-9H2,1-4H3;9-10H,5-8H2,1-4H3. The van der Waals surface area contributed by atoms with Crippen LogP contribution < -0.4 is 0 Å². The summed E-state index contributed by atoms with van der Waals surface area (Å²) in [4.78, 5) is 0. The van der Waals surface area contributed by atoms with Crippen molar-refractivity contribution in [1.82, 2.24) is 0 Å². The summed E-state index contributed by atoms with van der Waals surface area (Å²) in [5.41, 5.74) is 1.37. The van der Waals surface area contributed by atoms with E-state index in [9.17, 15) is 0 Å². The zero-order chi connectivity index (χ0) is 17.7. The Morgan fingerprint density at radius 3 is 0.783 bits per heavy atom. The molecule has 2 aliphatic carbocycles. The first-order valence-electron chi connectivity index (χ1n) is 10.7. The van der Waals surface area contributed by atoms with Crippen LogP contribution >= 0.6 is 0 Å². The second-order valence-corrected chi connectivity index (χ2v) is 9.85. The van der Waals surface area contributed by atoms with E-state index in [0.717, 1.165) is 23.7 Å². The molecule has 0 unspecified atom stereocenters. The molecule has 0 heterocycles. The molecule has 0 nitrogen and oxygen atoms in total. The quantitative estimate of drug-likeness (QED) is 0.490. The Bertz CT molecular complexity index is 289. The van der Waals surface area contributed by atoms with Crippen molar-refractivity contribution in [1.29, 1.82) is 0 Å². The molecular formula is C23H46. The summed E-state index contributed by atoms with van der Waals surface area (Å²) in [7, 11) is 0. The van der Waals surface area contributed by atoms with Crippen LogP contribution in [0.5, 0.6) is 0 Å². The molecule has 0 radical (unpaired) electrons. The minimum Gasteiger partial charge on any atom is -0.0622 e. The molecule has 0 aromatic carbocycles. The van der Waals surface area contributed by atoms with Crippen LogP contribution in [0.25, 0.3) is 0 Å². The third-order valence-corrected chi connectivity index (χ3v) is 7.92. The van der Waals surface area contributed by atoms with E-state index in [1.807, 2.05) is 0 Å². The molecular weight excluding hydrogens is 276 g/mol. The summed E-state index contributed by atoms with van der Waals surface area (Å²) in [6.45, 7) is 19.2. The fourth-order valence-corrected chi connectivity index (χ4v) is 5.89. The van der Waals surface area contributed by atoms with Crippen molar-refractivity contribution in [3.05, 3.63) is 0 Å². The summed E-state index contributed by atoms with van der Waals surface area (Å²) in [5, 5.41) is 0. The molecule has 0 aromatic rings. The van der Waals surface area contributed by atoms with Crippen molar-refractivity contribution < 1.29 is 0 Å². The first kappa shape index (κ1) is 21.0. The van der Waals surface area contributed by atoms with Gasteiger partial charge < -0.3 is 0 Å². The minimum absolute atomic E-state index is 0.679. The van der Waals surface area contributed by atoms with Gasteiger partial charge in [0.05, 0.1) is 0 Å². The average molecular weight is 323 g/mol. The van der Waals surface area contributed by atoms with Gasteiger partial charge in [-0.3, -0.25) is 0 Å². The predicted molar refractivity (Wildman–Crippen MR) is 106 cm³/mol. The molecule has 0 bridgehead atoms. The van der Waals surface area contributed by atoms with Crippen LogP contribution in [0.2, 0.25) is 0 Å². The third-order valence-electron chi connectivity index (χ3n) is 7.92. The Labute approximate surface area is 148 Å². The largest absolute Gasteiger partial charge is 0.0622 e. The SMILES string of the molecule is CC(C)C1(C(C)C)CCCC1.CC(C)C1(C(C)C)CCCCC1. The molecule has 0 aromatic heterocycles. The van der Waals surface area contributed by atoms with Gasteiger partial charge in [0.1, 0.15) is 0 Å². The van der Waals surface area contributed by atoms with Crippen LogP contribution in [-0.4, -0.2) is 0 Å². The highest BCUT2D eigenvalue weighted by Gasteiger charge is 2.39. The lowest BCUT2D eigenvalue weighted by Crippen LogP contribution is -2.35. The highest BCUT2D eigenvalue weighted by atomic mass is 14.4. The Morgan fingerprint density at radius 1 is 0.391 bits per heavy atom. The maximum absolute atomic E-state index is 2.41. The van der Waals surface area contributed by atoms with E-state index in [0.29, 0.717) is 10.8 Å². The van der Waals surface area contributed by atoms with Crippen LogP contribution in [0.1, 0.15) is 113 Å². The fraction of sp³-hybridized carbons (Fsp3) is 1.00. The Kier molecular flexibility index (Phi) is 8.15. The summed E-state index contributed by atoms with van der Waals surface area (Å²) in [6.07, 6.45) is 13.2. The molecule has 2 aliphatic rings. The summed E-state index contributed by atoms with van der Waals surface area (Å²) in [6, 6.07) is 0. The third kappa shape index (κ3) is 4.76. The normalized spacial score (nSPS) is 23.5. The molecule has 23 heavy (non-hydrogen) atoms. The van der Waals surface area contributed by atoms with Crippen molar-refractivity contribution >= 4 is 0 Å². The van der Waals surface area contributed by atoms with Gasteiger partial charge in [-0.25, -0.2) is 0 Å². The van der Waals surface area contributed by atoms with Gasteiger partial charge in [-0.1, -0.05) is 87.5 Å². The smallest absolute Gasteiger partial charge is 0.0251 e. The number of hydrogen-bond acceptors (Lipinski definition) is 0. The van der Waals surface area contributed by atoms with E-state index in [-0.39, 0.29) is 0 Å². The Hall–Kier alpha value is 0. The molecule has 0 atom stereocenters. The topological polar surface area (TPSA) is 0 Å². The van der Waals surface area contributed by atoms with Gasteiger partial charge in [0, 0.05) is 0 Å². The van der Waals surface area contributed by atoms with Gasteiger partial charge in [-0.2, -0.15) is 0 Å². The predicted octanol–water partition coefficient (Wildman–Crippen LogP) is 8.11. The van der Waals surface area contributed by atoms with Gasteiger partial charge in [0.25, 0.3) is 0 Å². The van der Waals surface area contributed by atoms with Crippen LogP contribution in [0, 0.1) is 34.5 Å². The van der Waals surface area contributed by atoms with Crippen molar-refractivity contribution in [3.63, 3.8) is 0 Å². The molecule has 2 rings (SSSR count). The molecule has 0 amide bonds. The molecule has 2 fully saturated rings. The van der Waals surface area contributed by atoms with Gasteiger partial charge in [-0.05, 0) is 60.2 Å². The average Bonchev–Trinajstić information content (AvgIpc) is 2.99.